The van der Waals surface area contributed by atoms with E-state index >= 15 is 0 Å². The van der Waals surface area contributed by atoms with Gasteiger partial charge in [0.25, 0.3) is 5.91 Å². The number of carbonyl (C=O) groups is 2. The van der Waals surface area contributed by atoms with Gasteiger partial charge >= 0.3 is 0 Å². The topological polar surface area (TPSA) is 49.9 Å². The van der Waals surface area contributed by atoms with Crippen LogP contribution in [0.25, 0.3) is 0 Å². The Morgan fingerprint density at radius 1 is 1.08 bits per heavy atom. The summed E-state index contributed by atoms with van der Waals surface area (Å²) in [5.41, 5.74) is 1.62. The van der Waals surface area contributed by atoms with Crippen LogP contribution in [0.15, 0.2) is 18.2 Å². The highest BCUT2D eigenvalue weighted by Crippen LogP contribution is 2.22. The molecule has 1 saturated heterocycles. The lowest BCUT2D eigenvalue weighted by Crippen LogP contribution is -2.52. The first-order chi connectivity index (χ1) is 11.5. The van der Waals surface area contributed by atoms with Crippen LogP contribution < -0.4 is 4.74 Å². The Labute approximate surface area is 144 Å². The zero-order valence-corrected chi connectivity index (χ0v) is 15.2. The second kappa shape index (κ2) is 8.18. The monoisotopic (exact) mass is 332 g/mol. The van der Waals surface area contributed by atoms with Crippen molar-refractivity contribution in [3.05, 3.63) is 29.3 Å². The number of ether oxygens (including phenoxy) is 1. The number of hydrogen-bond donors (Lipinski definition) is 0. The van der Waals surface area contributed by atoms with Crippen LogP contribution >= 0.6 is 0 Å². The molecule has 0 spiro atoms. The highest BCUT2D eigenvalue weighted by molar-refractivity contribution is 5.97. The number of carbonyl (C=O) groups excluding carboxylic acids is 2. The molecule has 0 atom stereocenters. The van der Waals surface area contributed by atoms with E-state index in [0.29, 0.717) is 37.5 Å². The largest absolute Gasteiger partial charge is 0.496 e. The van der Waals surface area contributed by atoms with Gasteiger partial charge in [0.1, 0.15) is 5.75 Å². The molecule has 0 aromatic heterocycles. The van der Waals surface area contributed by atoms with Crippen LogP contribution in [-0.2, 0) is 4.79 Å². The van der Waals surface area contributed by atoms with Crippen LogP contribution in [0.4, 0.5) is 0 Å². The molecule has 5 heteroatoms. The minimum Gasteiger partial charge on any atom is -0.496 e. The maximum Gasteiger partial charge on any atom is 0.257 e. The van der Waals surface area contributed by atoms with Crippen molar-refractivity contribution < 1.29 is 14.3 Å². The Bertz CT molecular complexity index is 588. The van der Waals surface area contributed by atoms with Crippen molar-refractivity contribution in [2.24, 2.45) is 5.92 Å². The van der Waals surface area contributed by atoms with E-state index < -0.39 is 0 Å². The molecular formula is C19H28N2O3. The van der Waals surface area contributed by atoms with E-state index in [1.54, 1.807) is 7.11 Å². The van der Waals surface area contributed by atoms with Gasteiger partial charge in [-0.2, -0.15) is 0 Å². The molecule has 2 rings (SSSR count). The third-order valence-corrected chi connectivity index (χ3v) is 4.80. The number of amides is 2. The van der Waals surface area contributed by atoms with Gasteiger partial charge in [-0.25, -0.2) is 0 Å². The van der Waals surface area contributed by atoms with E-state index in [1.165, 1.54) is 0 Å². The molecule has 0 aliphatic carbocycles. The fourth-order valence-corrected chi connectivity index (χ4v) is 3.19. The average Bonchev–Trinajstić information content (AvgIpc) is 2.62. The molecule has 1 aliphatic heterocycles. The fourth-order valence-electron chi connectivity index (χ4n) is 3.19. The molecule has 132 valence electrons. The minimum absolute atomic E-state index is 0.0230. The lowest BCUT2D eigenvalue weighted by molar-refractivity contribution is -0.137. The SMILES string of the molecule is CCC(CC)C(=O)N1CCN(C(=O)c2cc(C)ccc2OC)CC1. The summed E-state index contributed by atoms with van der Waals surface area (Å²) in [7, 11) is 1.58. The van der Waals surface area contributed by atoms with E-state index in [1.807, 2.05) is 34.9 Å². The van der Waals surface area contributed by atoms with Crippen molar-refractivity contribution in [1.29, 1.82) is 0 Å². The van der Waals surface area contributed by atoms with Crippen LogP contribution in [0.3, 0.4) is 0 Å². The standard InChI is InChI=1S/C19H28N2O3/c1-5-15(6-2)18(22)20-9-11-21(12-10-20)19(23)16-13-14(3)7-8-17(16)24-4/h7-8,13,15H,5-6,9-12H2,1-4H3. The van der Waals surface area contributed by atoms with Crippen LogP contribution in [-0.4, -0.2) is 54.9 Å². The summed E-state index contributed by atoms with van der Waals surface area (Å²) in [6, 6.07) is 5.63. The Morgan fingerprint density at radius 2 is 1.67 bits per heavy atom. The third-order valence-electron chi connectivity index (χ3n) is 4.80. The smallest absolute Gasteiger partial charge is 0.257 e. The Hall–Kier alpha value is -2.04. The first-order valence-electron chi connectivity index (χ1n) is 8.74. The highest BCUT2D eigenvalue weighted by Gasteiger charge is 2.28. The molecule has 0 radical (unpaired) electrons. The van der Waals surface area contributed by atoms with Gasteiger partial charge in [0, 0.05) is 32.1 Å². The van der Waals surface area contributed by atoms with E-state index in [2.05, 4.69) is 13.8 Å². The van der Waals surface area contributed by atoms with Gasteiger partial charge in [-0.05, 0) is 31.9 Å². The summed E-state index contributed by atoms with van der Waals surface area (Å²) in [4.78, 5) is 29.0. The van der Waals surface area contributed by atoms with Crippen molar-refractivity contribution in [2.45, 2.75) is 33.6 Å². The molecule has 1 aromatic rings. The zero-order chi connectivity index (χ0) is 17.7. The zero-order valence-electron chi connectivity index (χ0n) is 15.2. The van der Waals surface area contributed by atoms with Gasteiger partial charge in [-0.3, -0.25) is 9.59 Å². The summed E-state index contributed by atoms with van der Waals surface area (Å²) in [5, 5.41) is 0. The number of nitrogens with zero attached hydrogens (tertiary/aromatic N) is 2. The van der Waals surface area contributed by atoms with Crippen LogP contribution in [0, 0.1) is 12.8 Å². The Balaban J connectivity index is 2.03. The molecule has 1 aliphatic rings. The van der Waals surface area contributed by atoms with E-state index in [0.717, 1.165) is 18.4 Å². The van der Waals surface area contributed by atoms with Gasteiger partial charge in [-0.15, -0.1) is 0 Å². The summed E-state index contributed by atoms with van der Waals surface area (Å²) < 4.78 is 5.32. The second-order valence-electron chi connectivity index (χ2n) is 6.33. The van der Waals surface area contributed by atoms with Crippen LogP contribution in [0.1, 0.15) is 42.6 Å². The predicted molar refractivity (Wildman–Crippen MR) is 94.3 cm³/mol. The molecular weight excluding hydrogens is 304 g/mol. The Kier molecular flexibility index (Phi) is 6.23. The summed E-state index contributed by atoms with van der Waals surface area (Å²) in [6.45, 7) is 8.42. The minimum atomic E-state index is -0.0230. The normalized spacial score (nSPS) is 14.9. The average molecular weight is 332 g/mol. The van der Waals surface area contributed by atoms with Gasteiger partial charge in [0.15, 0.2) is 0 Å². The number of rotatable bonds is 5. The maximum atomic E-state index is 12.8. The van der Waals surface area contributed by atoms with E-state index in [9.17, 15) is 9.59 Å². The van der Waals surface area contributed by atoms with Crippen LogP contribution in [0.5, 0.6) is 5.75 Å². The fraction of sp³-hybridized carbons (Fsp3) is 0.579. The molecule has 1 aromatic carbocycles. The first kappa shape index (κ1) is 18.3. The third kappa shape index (κ3) is 3.89. The van der Waals surface area contributed by atoms with Crippen LogP contribution in [0.2, 0.25) is 0 Å². The highest BCUT2D eigenvalue weighted by atomic mass is 16.5. The quantitative estimate of drug-likeness (QED) is 0.833. The lowest BCUT2D eigenvalue weighted by Gasteiger charge is -2.36. The van der Waals surface area contributed by atoms with Crippen molar-refractivity contribution in [1.82, 2.24) is 9.80 Å². The number of aryl methyl sites for hydroxylation is 1. The Morgan fingerprint density at radius 3 is 2.21 bits per heavy atom. The molecule has 1 heterocycles. The van der Waals surface area contributed by atoms with E-state index in [-0.39, 0.29) is 17.7 Å². The van der Waals surface area contributed by atoms with Crippen molar-refractivity contribution in [3.8, 4) is 5.75 Å². The molecule has 0 bridgehead atoms. The molecule has 1 fully saturated rings. The molecule has 0 N–H and O–H groups in total. The molecule has 5 nitrogen and oxygen atoms in total. The van der Waals surface area contributed by atoms with Gasteiger partial charge in [0.05, 0.1) is 12.7 Å². The van der Waals surface area contributed by atoms with Gasteiger partial charge < -0.3 is 14.5 Å². The summed E-state index contributed by atoms with van der Waals surface area (Å²) >= 11 is 0. The molecule has 24 heavy (non-hydrogen) atoms. The predicted octanol–water partition coefficient (Wildman–Crippen LogP) is 2.72. The van der Waals surface area contributed by atoms with Crippen molar-refractivity contribution in [3.63, 3.8) is 0 Å². The number of piperazine rings is 1. The summed E-state index contributed by atoms with van der Waals surface area (Å²) in [5.74, 6) is 0.899. The first-order valence-corrected chi connectivity index (χ1v) is 8.74. The van der Waals surface area contributed by atoms with Gasteiger partial charge in [0.2, 0.25) is 5.91 Å². The van der Waals surface area contributed by atoms with Crippen molar-refractivity contribution >= 4 is 11.8 Å². The number of hydrogen-bond acceptors (Lipinski definition) is 3. The molecule has 0 unspecified atom stereocenters. The number of methoxy groups -OCH3 is 1. The molecule has 2 amide bonds. The maximum absolute atomic E-state index is 12.8. The van der Waals surface area contributed by atoms with E-state index in [4.69, 9.17) is 4.74 Å². The molecule has 0 saturated carbocycles. The second-order valence-corrected chi connectivity index (χ2v) is 6.33. The van der Waals surface area contributed by atoms with Crippen molar-refractivity contribution in [2.75, 3.05) is 33.3 Å². The lowest BCUT2D eigenvalue weighted by atomic mass is 10.0. The summed E-state index contributed by atoms with van der Waals surface area (Å²) in [6.07, 6.45) is 1.74. The number of benzene rings is 1. The van der Waals surface area contributed by atoms with Gasteiger partial charge in [-0.1, -0.05) is 25.5 Å².